The predicted molar refractivity (Wildman–Crippen MR) is 76.7 cm³/mol. The van der Waals surface area contributed by atoms with E-state index in [-0.39, 0.29) is 0 Å². The van der Waals surface area contributed by atoms with Gasteiger partial charge in [-0.3, -0.25) is 4.90 Å². The molecule has 3 heteroatoms. The number of benzene rings is 1. The highest BCUT2D eigenvalue weighted by Gasteiger charge is 2.05. The largest absolute Gasteiger partial charge is 0.383 e. The summed E-state index contributed by atoms with van der Waals surface area (Å²) in [4.78, 5) is 2.33. The van der Waals surface area contributed by atoms with Crippen molar-refractivity contribution in [1.82, 2.24) is 4.90 Å². The van der Waals surface area contributed by atoms with Gasteiger partial charge in [-0.2, -0.15) is 0 Å². The Hall–Kier alpha value is -0.900. The summed E-state index contributed by atoms with van der Waals surface area (Å²) < 4.78 is 5.12. The van der Waals surface area contributed by atoms with Crippen molar-refractivity contribution < 1.29 is 4.74 Å². The number of hydrogen-bond donors (Lipinski definition) is 1. The van der Waals surface area contributed by atoms with Crippen LogP contribution in [-0.4, -0.2) is 38.3 Å². The summed E-state index contributed by atoms with van der Waals surface area (Å²) in [6.45, 7) is 8.66. The van der Waals surface area contributed by atoms with Gasteiger partial charge >= 0.3 is 0 Å². The van der Waals surface area contributed by atoms with Crippen molar-refractivity contribution in [3.05, 3.63) is 35.4 Å². The summed E-state index contributed by atoms with van der Waals surface area (Å²) in [7, 11) is 1.73. The standard InChI is InChI=1S/C15H26N2O/c1-13(2)15-6-4-14(5-7-15)12-17(9-8-16)10-11-18-3/h4-7,13H,8-12,16H2,1-3H3. The molecule has 0 saturated carbocycles. The van der Waals surface area contributed by atoms with Crippen molar-refractivity contribution in [3.8, 4) is 0 Å². The summed E-state index contributed by atoms with van der Waals surface area (Å²) in [6.07, 6.45) is 0. The molecule has 0 aliphatic rings. The molecule has 0 radical (unpaired) electrons. The highest BCUT2D eigenvalue weighted by molar-refractivity contribution is 5.24. The Labute approximate surface area is 111 Å². The minimum absolute atomic E-state index is 0.590. The van der Waals surface area contributed by atoms with E-state index < -0.39 is 0 Å². The van der Waals surface area contributed by atoms with Gasteiger partial charge in [-0.15, -0.1) is 0 Å². The van der Waals surface area contributed by atoms with Crippen LogP contribution in [0.2, 0.25) is 0 Å². The molecule has 0 heterocycles. The Morgan fingerprint density at radius 3 is 2.33 bits per heavy atom. The summed E-state index contributed by atoms with van der Waals surface area (Å²) in [5, 5.41) is 0. The second kappa shape index (κ2) is 8.25. The third-order valence-electron chi connectivity index (χ3n) is 3.11. The van der Waals surface area contributed by atoms with Gasteiger partial charge in [0.15, 0.2) is 0 Å². The highest BCUT2D eigenvalue weighted by atomic mass is 16.5. The maximum atomic E-state index is 5.64. The highest BCUT2D eigenvalue weighted by Crippen LogP contribution is 2.15. The zero-order valence-electron chi connectivity index (χ0n) is 11.9. The van der Waals surface area contributed by atoms with E-state index in [2.05, 4.69) is 43.0 Å². The van der Waals surface area contributed by atoms with Gasteiger partial charge in [-0.1, -0.05) is 38.1 Å². The average Bonchev–Trinajstić information content (AvgIpc) is 2.37. The molecule has 0 spiro atoms. The van der Waals surface area contributed by atoms with E-state index in [9.17, 15) is 0 Å². The van der Waals surface area contributed by atoms with E-state index in [1.165, 1.54) is 11.1 Å². The molecule has 0 atom stereocenters. The zero-order valence-corrected chi connectivity index (χ0v) is 11.9. The van der Waals surface area contributed by atoms with Gasteiger partial charge < -0.3 is 10.5 Å². The van der Waals surface area contributed by atoms with Crippen molar-refractivity contribution in [3.63, 3.8) is 0 Å². The molecule has 0 bridgehead atoms. The van der Waals surface area contributed by atoms with Crippen LogP contribution in [-0.2, 0) is 11.3 Å². The fraction of sp³-hybridized carbons (Fsp3) is 0.600. The molecule has 0 aromatic heterocycles. The van der Waals surface area contributed by atoms with E-state index in [1.807, 2.05) is 0 Å². The van der Waals surface area contributed by atoms with Crippen LogP contribution in [0, 0.1) is 0 Å². The molecule has 102 valence electrons. The van der Waals surface area contributed by atoms with Crippen molar-refractivity contribution in [2.24, 2.45) is 5.73 Å². The summed E-state index contributed by atoms with van der Waals surface area (Å²) in [5.41, 5.74) is 8.36. The monoisotopic (exact) mass is 250 g/mol. The molecule has 0 fully saturated rings. The van der Waals surface area contributed by atoms with E-state index in [4.69, 9.17) is 10.5 Å². The molecule has 0 saturated heterocycles. The van der Waals surface area contributed by atoms with Gasteiger partial charge in [0.05, 0.1) is 6.61 Å². The van der Waals surface area contributed by atoms with Crippen molar-refractivity contribution >= 4 is 0 Å². The second-order valence-corrected chi connectivity index (χ2v) is 4.95. The normalized spacial score (nSPS) is 11.4. The lowest BCUT2D eigenvalue weighted by molar-refractivity contribution is 0.146. The molecule has 0 aliphatic carbocycles. The zero-order chi connectivity index (χ0) is 13.4. The van der Waals surface area contributed by atoms with Crippen molar-refractivity contribution in [2.75, 3.05) is 33.4 Å². The Morgan fingerprint density at radius 2 is 1.83 bits per heavy atom. The van der Waals surface area contributed by atoms with Crippen LogP contribution in [0.5, 0.6) is 0 Å². The first-order valence-corrected chi connectivity index (χ1v) is 6.67. The van der Waals surface area contributed by atoms with Gasteiger partial charge in [-0.25, -0.2) is 0 Å². The number of nitrogens with zero attached hydrogens (tertiary/aromatic N) is 1. The molecule has 0 aliphatic heterocycles. The Morgan fingerprint density at radius 1 is 1.17 bits per heavy atom. The maximum Gasteiger partial charge on any atom is 0.0589 e. The number of hydrogen-bond acceptors (Lipinski definition) is 3. The molecular weight excluding hydrogens is 224 g/mol. The minimum Gasteiger partial charge on any atom is -0.383 e. The fourth-order valence-electron chi connectivity index (χ4n) is 1.94. The van der Waals surface area contributed by atoms with E-state index in [1.54, 1.807) is 7.11 Å². The van der Waals surface area contributed by atoms with Crippen molar-refractivity contribution in [2.45, 2.75) is 26.3 Å². The first-order chi connectivity index (χ1) is 8.67. The molecule has 1 rings (SSSR count). The number of ether oxygens (including phenoxy) is 1. The Balaban J connectivity index is 2.56. The lowest BCUT2D eigenvalue weighted by Gasteiger charge is -2.21. The molecule has 1 aromatic carbocycles. The molecule has 0 unspecified atom stereocenters. The fourth-order valence-corrected chi connectivity index (χ4v) is 1.94. The van der Waals surface area contributed by atoms with Crippen molar-refractivity contribution in [1.29, 1.82) is 0 Å². The summed E-state index contributed by atoms with van der Waals surface area (Å²) in [6, 6.07) is 8.87. The number of rotatable bonds is 8. The number of nitrogens with two attached hydrogens (primary N) is 1. The minimum atomic E-state index is 0.590. The van der Waals surface area contributed by atoms with E-state index in [0.717, 1.165) is 26.2 Å². The van der Waals surface area contributed by atoms with Crippen LogP contribution in [0.1, 0.15) is 30.9 Å². The van der Waals surface area contributed by atoms with Crippen LogP contribution in [0.25, 0.3) is 0 Å². The van der Waals surface area contributed by atoms with Crippen LogP contribution in [0.3, 0.4) is 0 Å². The van der Waals surface area contributed by atoms with Crippen LogP contribution in [0.15, 0.2) is 24.3 Å². The molecule has 18 heavy (non-hydrogen) atoms. The van der Waals surface area contributed by atoms with Gasteiger partial charge in [0, 0.05) is 33.3 Å². The SMILES string of the molecule is COCCN(CCN)Cc1ccc(C(C)C)cc1. The molecule has 0 amide bonds. The quantitative estimate of drug-likeness (QED) is 0.769. The van der Waals surface area contributed by atoms with E-state index in [0.29, 0.717) is 12.5 Å². The second-order valence-electron chi connectivity index (χ2n) is 4.95. The molecule has 1 aromatic rings. The molecule has 3 nitrogen and oxygen atoms in total. The molecule has 2 N–H and O–H groups in total. The lowest BCUT2D eigenvalue weighted by Crippen LogP contribution is -2.31. The van der Waals surface area contributed by atoms with Crippen LogP contribution >= 0.6 is 0 Å². The summed E-state index contributed by atoms with van der Waals surface area (Å²) in [5.74, 6) is 0.590. The lowest BCUT2D eigenvalue weighted by atomic mass is 10.0. The van der Waals surface area contributed by atoms with Crippen LogP contribution < -0.4 is 5.73 Å². The summed E-state index contributed by atoms with van der Waals surface area (Å²) >= 11 is 0. The third-order valence-corrected chi connectivity index (χ3v) is 3.11. The number of methoxy groups -OCH3 is 1. The van der Waals surface area contributed by atoms with Gasteiger partial charge in [0.1, 0.15) is 0 Å². The first-order valence-electron chi connectivity index (χ1n) is 6.67. The average molecular weight is 250 g/mol. The van der Waals surface area contributed by atoms with Gasteiger partial charge in [0.2, 0.25) is 0 Å². The Kier molecular flexibility index (Phi) is 6.94. The van der Waals surface area contributed by atoms with Gasteiger partial charge in [-0.05, 0) is 17.0 Å². The Bertz CT molecular complexity index is 322. The predicted octanol–water partition coefficient (Wildman–Crippen LogP) is 2.22. The first kappa shape index (κ1) is 15.2. The van der Waals surface area contributed by atoms with Gasteiger partial charge in [0.25, 0.3) is 0 Å². The topological polar surface area (TPSA) is 38.5 Å². The van der Waals surface area contributed by atoms with E-state index >= 15 is 0 Å². The third kappa shape index (κ3) is 5.17. The maximum absolute atomic E-state index is 5.64. The van der Waals surface area contributed by atoms with Crippen LogP contribution in [0.4, 0.5) is 0 Å². The smallest absolute Gasteiger partial charge is 0.0589 e. The molecular formula is C15H26N2O.